The van der Waals surface area contributed by atoms with Gasteiger partial charge in [0.05, 0.1) is 0 Å². The molecular weight excluding hydrogens is 376 g/mol. The lowest BCUT2D eigenvalue weighted by Crippen LogP contribution is -2.38. The van der Waals surface area contributed by atoms with Crippen molar-refractivity contribution in [1.29, 1.82) is 0 Å². The number of carbonyl (C=O) groups is 1. The van der Waals surface area contributed by atoms with Crippen molar-refractivity contribution in [3.05, 3.63) is 73.1 Å². The van der Waals surface area contributed by atoms with Crippen LogP contribution in [0.4, 0.5) is 11.5 Å². The number of nitrogens with one attached hydrogen (secondary N) is 1. The first kappa shape index (κ1) is 18.3. The quantitative estimate of drug-likeness (QED) is 0.568. The summed E-state index contributed by atoms with van der Waals surface area (Å²) < 4.78 is 1.68. The number of piperidine rings is 1. The number of hydrogen-bond donors (Lipinski definition) is 1. The van der Waals surface area contributed by atoms with Gasteiger partial charge in [-0.3, -0.25) is 4.79 Å². The van der Waals surface area contributed by atoms with E-state index in [2.05, 4.69) is 37.6 Å². The van der Waals surface area contributed by atoms with Crippen LogP contribution in [0, 0.1) is 5.92 Å². The second kappa shape index (κ2) is 7.94. The van der Waals surface area contributed by atoms with Crippen molar-refractivity contribution >= 4 is 28.2 Å². The molecule has 7 nitrogen and oxygen atoms in total. The SMILES string of the molecule is O=C(Nc1cccc2ccccc12)C1CCN(c2ccc(-n3cccn3)nn2)CC1. The second-order valence-electron chi connectivity index (χ2n) is 7.48. The molecule has 1 saturated heterocycles. The molecule has 30 heavy (non-hydrogen) atoms. The molecule has 0 bridgehead atoms. The summed E-state index contributed by atoms with van der Waals surface area (Å²) in [4.78, 5) is 15.0. The molecule has 7 heteroatoms. The number of hydrogen-bond acceptors (Lipinski definition) is 5. The highest BCUT2D eigenvalue weighted by Crippen LogP contribution is 2.26. The lowest BCUT2D eigenvalue weighted by molar-refractivity contribution is -0.120. The average molecular weight is 398 g/mol. The number of amides is 1. The van der Waals surface area contributed by atoms with Crippen LogP contribution in [0.25, 0.3) is 16.6 Å². The number of nitrogens with zero attached hydrogens (tertiary/aromatic N) is 5. The molecule has 1 fully saturated rings. The van der Waals surface area contributed by atoms with Crippen molar-refractivity contribution in [1.82, 2.24) is 20.0 Å². The standard InChI is InChI=1S/C23H22N6O/c30-23(25-20-8-3-6-17-5-1-2-7-19(17)20)18-11-15-28(16-12-18)21-9-10-22(27-26-21)29-14-4-13-24-29/h1-10,13-14,18H,11-12,15-16H2,(H,25,30). The Bertz CT molecular complexity index is 1140. The van der Waals surface area contributed by atoms with E-state index in [0.717, 1.165) is 48.2 Å². The normalized spacial score (nSPS) is 14.7. The molecule has 0 saturated carbocycles. The van der Waals surface area contributed by atoms with E-state index in [1.54, 1.807) is 10.9 Å². The summed E-state index contributed by atoms with van der Waals surface area (Å²) in [6, 6.07) is 19.8. The fourth-order valence-corrected chi connectivity index (χ4v) is 3.95. The fraction of sp³-hybridized carbons (Fsp3) is 0.217. The molecule has 150 valence electrons. The lowest BCUT2D eigenvalue weighted by Gasteiger charge is -2.31. The smallest absolute Gasteiger partial charge is 0.227 e. The van der Waals surface area contributed by atoms with E-state index in [1.807, 2.05) is 54.7 Å². The molecular formula is C23H22N6O. The molecule has 5 rings (SSSR count). The largest absolute Gasteiger partial charge is 0.355 e. The van der Waals surface area contributed by atoms with Crippen LogP contribution in [0.3, 0.4) is 0 Å². The predicted molar refractivity (Wildman–Crippen MR) is 117 cm³/mol. The van der Waals surface area contributed by atoms with E-state index < -0.39 is 0 Å². The van der Waals surface area contributed by atoms with E-state index in [0.29, 0.717) is 5.82 Å². The Morgan fingerprint density at radius 1 is 0.900 bits per heavy atom. The van der Waals surface area contributed by atoms with Crippen molar-refractivity contribution in [2.45, 2.75) is 12.8 Å². The molecule has 2 aromatic heterocycles. The maximum Gasteiger partial charge on any atom is 0.227 e. The number of benzene rings is 2. The highest BCUT2D eigenvalue weighted by Gasteiger charge is 2.26. The minimum atomic E-state index is -0.00322. The van der Waals surface area contributed by atoms with Crippen LogP contribution in [-0.4, -0.2) is 39.0 Å². The number of anilines is 2. The van der Waals surface area contributed by atoms with E-state index >= 15 is 0 Å². The van der Waals surface area contributed by atoms with Gasteiger partial charge in [-0.25, -0.2) is 4.68 Å². The number of carbonyl (C=O) groups excluding carboxylic acids is 1. The van der Waals surface area contributed by atoms with E-state index in [9.17, 15) is 4.79 Å². The van der Waals surface area contributed by atoms with Gasteiger partial charge in [0, 0.05) is 42.5 Å². The molecule has 0 atom stereocenters. The van der Waals surface area contributed by atoms with Crippen LogP contribution in [0.2, 0.25) is 0 Å². The molecule has 0 aliphatic carbocycles. The van der Waals surface area contributed by atoms with E-state index in [-0.39, 0.29) is 11.8 Å². The van der Waals surface area contributed by atoms with Crippen molar-refractivity contribution < 1.29 is 4.79 Å². The molecule has 0 unspecified atom stereocenters. The van der Waals surface area contributed by atoms with Gasteiger partial charge in [-0.2, -0.15) is 5.10 Å². The topological polar surface area (TPSA) is 75.9 Å². The van der Waals surface area contributed by atoms with Crippen molar-refractivity contribution in [2.75, 3.05) is 23.3 Å². The zero-order chi connectivity index (χ0) is 20.3. The summed E-state index contributed by atoms with van der Waals surface area (Å²) in [6.07, 6.45) is 5.13. The summed E-state index contributed by atoms with van der Waals surface area (Å²) in [5.41, 5.74) is 0.876. The fourth-order valence-electron chi connectivity index (χ4n) is 3.95. The summed E-state index contributed by atoms with van der Waals surface area (Å²) in [5, 5.41) is 18.1. The van der Waals surface area contributed by atoms with Crippen LogP contribution in [0.15, 0.2) is 73.1 Å². The summed E-state index contributed by atoms with van der Waals surface area (Å²) in [6.45, 7) is 1.56. The van der Waals surface area contributed by atoms with Gasteiger partial charge in [0.25, 0.3) is 0 Å². The number of aromatic nitrogens is 4. The zero-order valence-corrected chi connectivity index (χ0v) is 16.5. The maximum atomic E-state index is 12.9. The van der Waals surface area contributed by atoms with Crippen LogP contribution in [0.5, 0.6) is 0 Å². The Balaban J connectivity index is 1.22. The predicted octanol–water partition coefficient (Wildman–Crippen LogP) is 3.67. The third-order valence-electron chi connectivity index (χ3n) is 5.61. The van der Waals surface area contributed by atoms with Crippen molar-refractivity contribution in [2.24, 2.45) is 5.92 Å². The first-order valence-corrected chi connectivity index (χ1v) is 10.2. The van der Waals surface area contributed by atoms with Crippen LogP contribution in [0.1, 0.15) is 12.8 Å². The Labute approximate surface area is 174 Å². The first-order valence-electron chi connectivity index (χ1n) is 10.2. The molecule has 1 amide bonds. The maximum absolute atomic E-state index is 12.9. The molecule has 2 aromatic carbocycles. The molecule has 1 N–H and O–H groups in total. The van der Waals surface area contributed by atoms with E-state index in [1.165, 1.54) is 0 Å². The van der Waals surface area contributed by atoms with Crippen LogP contribution in [-0.2, 0) is 4.79 Å². The minimum Gasteiger partial charge on any atom is -0.355 e. The number of fused-ring (bicyclic) bond motifs is 1. The van der Waals surface area contributed by atoms with Gasteiger partial charge in [0.15, 0.2) is 11.6 Å². The minimum absolute atomic E-state index is 0.00322. The van der Waals surface area contributed by atoms with Crippen LogP contribution >= 0.6 is 0 Å². The third kappa shape index (κ3) is 3.61. The molecule has 0 radical (unpaired) electrons. The van der Waals surface area contributed by atoms with Gasteiger partial charge in [-0.1, -0.05) is 36.4 Å². The highest BCUT2D eigenvalue weighted by atomic mass is 16.1. The second-order valence-corrected chi connectivity index (χ2v) is 7.48. The summed E-state index contributed by atoms with van der Waals surface area (Å²) in [7, 11) is 0. The van der Waals surface area contributed by atoms with Gasteiger partial charge in [0.1, 0.15) is 0 Å². The zero-order valence-electron chi connectivity index (χ0n) is 16.5. The molecule has 1 aliphatic rings. The van der Waals surface area contributed by atoms with Crippen molar-refractivity contribution in [3.8, 4) is 5.82 Å². The number of rotatable bonds is 4. The summed E-state index contributed by atoms with van der Waals surface area (Å²) in [5.74, 6) is 1.61. The lowest BCUT2D eigenvalue weighted by atomic mass is 9.95. The van der Waals surface area contributed by atoms with Gasteiger partial charge < -0.3 is 10.2 Å². The Hall–Kier alpha value is -3.74. The molecule has 1 aliphatic heterocycles. The highest BCUT2D eigenvalue weighted by molar-refractivity contribution is 6.02. The van der Waals surface area contributed by atoms with Crippen molar-refractivity contribution in [3.63, 3.8) is 0 Å². The van der Waals surface area contributed by atoms with Crippen LogP contribution < -0.4 is 10.2 Å². The van der Waals surface area contributed by atoms with Gasteiger partial charge in [-0.05, 0) is 42.5 Å². The van der Waals surface area contributed by atoms with E-state index in [4.69, 9.17) is 0 Å². The Morgan fingerprint density at radius 2 is 1.67 bits per heavy atom. The first-order chi connectivity index (χ1) is 14.8. The Morgan fingerprint density at radius 3 is 2.43 bits per heavy atom. The third-order valence-corrected chi connectivity index (χ3v) is 5.61. The van der Waals surface area contributed by atoms with Gasteiger partial charge in [-0.15, -0.1) is 10.2 Å². The molecule has 0 spiro atoms. The Kier molecular flexibility index (Phi) is 4.85. The van der Waals surface area contributed by atoms with Gasteiger partial charge in [0.2, 0.25) is 5.91 Å². The molecule has 4 aromatic rings. The van der Waals surface area contributed by atoms with Gasteiger partial charge >= 0.3 is 0 Å². The molecule has 3 heterocycles. The average Bonchev–Trinajstić information content (AvgIpc) is 3.35. The summed E-state index contributed by atoms with van der Waals surface area (Å²) >= 11 is 0. The monoisotopic (exact) mass is 398 g/mol.